The summed E-state index contributed by atoms with van der Waals surface area (Å²) in [6.07, 6.45) is 0.223. The zero-order valence-electron chi connectivity index (χ0n) is 10.3. The van der Waals surface area contributed by atoms with Gasteiger partial charge in [-0.1, -0.05) is 0 Å². The number of thiazole rings is 1. The van der Waals surface area contributed by atoms with Gasteiger partial charge in [0.15, 0.2) is 5.69 Å². The summed E-state index contributed by atoms with van der Waals surface area (Å²) in [5.41, 5.74) is -0.0231. The molecule has 1 saturated heterocycles. The molecule has 1 aromatic rings. The van der Waals surface area contributed by atoms with Crippen LogP contribution >= 0.6 is 11.3 Å². The number of hydrogen-bond donors (Lipinski definition) is 2. The Morgan fingerprint density at radius 1 is 1.63 bits per heavy atom. The number of aromatic nitrogens is 1. The molecule has 0 spiro atoms. The quantitative estimate of drug-likeness (QED) is 0.806. The molecule has 2 rings (SSSR count). The van der Waals surface area contributed by atoms with Gasteiger partial charge in [-0.05, 0) is 0 Å². The maximum atomic E-state index is 11.8. The second-order valence-corrected chi connectivity index (χ2v) is 5.27. The van der Waals surface area contributed by atoms with Gasteiger partial charge in [0.1, 0.15) is 5.01 Å². The molecule has 1 aliphatic heterocycles. The third-order valence-corrected chi connectivity index (χ3v) is 3.75. The number of carbonyl (C=O) groups excluding carboxylic acids is 2. The molecule has 8 heteroatoms. The monoisotopic (exact) mass is 283 g/mol. The molecule has 1 aromatic heterocycles. The first-order valence-corrected chi connectivity index (χ1v) is 6.54. The Morgan fingerprint density at radius 2 is 2.37 bits per heavy atom. The van der Waals surface area contributed by atoms with Crippen molar-refractivity contribution in [3.05, 3.63) is 16.1 Å². The number of carboxylic acid groups (broad SMARTS) is 1. The molecule has 0 radical (unpaired) electrons. The lowest BCUT2D eigenvalue weighted by molar-refractivity contribution is -0.128. The van der Waals surface area contributed by atoms with E-state index in [0.717, 1.165) is 0 Å². The van der Waals surface area contributed by atoms with Crippen molar-refractivity contribution in [3.8, 4) is 0 Å². The predicted molar refractivity (Wildman–Crippen MR) is 66.7 cm³/mol. The molecule has 19 heavy (non-hydrogen) atoms. The average Bonchev–Trinajstić information content (AvgIpc) is 2.94. The topological polar surface area (TPSA) is 99.6 Å². The van der Waals surface area contributed by atoms with Crippen molar-refractivity contribution in [2.24, 2.45) is 5.92 Å². The molecule has 1 aliphatic rings. The lowest BCUT2D eigenvalue weighted by Gasteiger charge is -2.09. The smallest absolute Gasteiger partial charge is 0.355 e. The van der Waals surface area contributed by atoms with Crippen molar-refractivity contribution in [2.75, 3.05) is 13.6 Å². The highest BCUT2D eigenvalue weighted by molar-refractivity contribution is 7.09. The third kappa shape index (κ3) is 3.08. The van der Waals surface area contributed by atoms with E-state index in [4.69, 9.17) is 5.11 Å². The van der Waals surface area contributed by atoms with E-state index in [2.05, 4.69) is 10.3 Å². The molecule has 102 valence electrons. The van der Waals surface area contributed by atoms with Crippen molar-refractivity contribution in [1.29, 1.82) is 0 Å². The molecule has 2 amide bonds. The van der Waals surface area contributed by atoms with Crippen LogP contribution in [0.25, 0.3) is 0 Å². The minimum atomic E-state index is -1.09. The number of nitrogens with one attached hydrogen (secondary N) is 1. The normalized spacial score (nSPS) is 18.7. The maximum absolute atomic E-state index is 11.8. The van der Waals surface area contributed by atoms with Crippen LogP contribution in [0.5, 0.6) is 0 Å². The van der Waals surface area contributed by atoms with Crippen molar-refractivity contribution < 1.29 is 19.5 Å². The fraction of sp³-hybridized carbons (Fsp3) is 0.455. The van der Waals surface area contributed by atoms with Gasteiger partial charge in [-0.15, -0.1) is 11.3 Å². The Balaban J connectivity index is 1.86. The largest absolute Gasteiger partial charge is 0.476 e. The molecule has 0 aliphatic carbocycles. The molecule has 1 atom stereocenters. The number of likely N-dealkylation sites (tertiary alicyclic amines) is 1. The van der Waals surface area contributed by atoms with Crippen LogP contribution in [0.2, 0.25) is 0 Å². The van der Waals surface area contributed by atoms with Gasteiger partial charge in [0.2, 0.25) is 11.8 Å². The molecule has 2 heterocycles. The van der Waals surface area contributed by atoms with E-state index < -0.39 is 5.97 Å². The van der Waals surface area contributed by atoms with E-state index in [-0.39, 0.29) is 36.4 Å². The summed E-state index contributed by atoms with van der Waals surface area (Å²) in [7, 11) is 1.66. The molecule has 0 saturated carbocycles. The van der Waals surface area contributed by atoms with Gasteiger partial charge in [-0.25, -0.2) is 9.78 Å². The molecular weight excluding hydrogens is 270 g/mol. The van der Waals surface area contributed by atoms with Crippen LogP contribution in [-0.4, -0.2) is 46.4 Å². The van der Waals surface area contributed by atoms with Crippen LogP contribution in [0, 0.1) is 5.92 Å². The van der Waals surface area contributed by atoms with Gasteiger partial charge < -0.3 is 15.3 Å². The van der Waals surface area contributed by atoms with E-state index in [9.17, 15) is 14.4 Å². The van der Waals surface area contributed by atoms with Crippen LogP contribution in [0.3, 0.4) is 0 Å². The number of hydrogen-bond acceptors (Lipinski definition) is 5. The first-order chi connectivity index (χ1) is 8.97. The molecular formula is C11H13N3O4S. The van der Waals surface area contributed by atoms with Crippen LogP contribution in [-0.2, 0) is 16.1 Å². The first-order valence-electron chi connectivity index (χ1n) is 5.66. The van der Waals surface area contributed by atoms with Gasteiger partial charge in [-0.3, -0.25) is 9.59 Å². The maximum Gasteiger partial charge on any atom is 0.355 e. The minimum Gasteiger partial charge on any atom is -0.476 e. The second kappa shape index (κ2) is 5.35. The van der Waals surface area contributed by atoms with Gasteiger partial charge in [0.05, 0.1) is 12.5 Å². The van der Waals surface area contributed by atoms with E-state index in [1.807, 2.05) is 0 Å². The summed E-state index contributed by atoms with van der Waals surface area (Å²) >= 11 is 1.18. The van der Waals surface area contributed by atoms with Crippen LogP contribution in [0.1, 0.15) is 21.9 Å². The summed E-state index contributed by atoms with van der Waals surface area (Å²) in [5, 5.41) is 13.3. The Hall–Kier alpha value is -1.96. The zero-order chi connectivity index (χ0) is 14.0. The van der Waals surface area contributed by atoms with Crippen LogP contribution in [0.15, 0.2) is 5.38 Å². The van der Waals surface area contributed by atoms with E-state index >= 15 is 0 Å². The Morgan fingerprint density at radius 3 is 2.89 bits per heavy atom. The van der Waals surface area contributed by atoms with Crippen molar-refractivity contribution in [3.63, 3.8) is 0 Å². The highest BCUT2D eigenvalue weighted by atomic mass is 32.1. The molecule has 2 N–H and O–H groups in total. The number of carboxylic acids is 1. The van der Waals surface area contributed by atoms with Gasteiger partial charge in [-0.2, -0.15) is 0 Å². The van der Waals surface area contributed by atoms with Gasteiger partial charge >= 0.3 is 5.97 Å². The standard InChI is InChI=1S/C11H13N3O4S/c1-14-4-6(2-9(14)15)10(16)12-3-8-13-7(5-19-8)11(17)18/h5-6H,2-4H2,1H3,(H,12,16)(H,17,18). The van der Waals surface area contributed by atoms with E-state index in [1.165, 1.54) is 21.6 Å². The summed E-state index contributed by atoms with van der Waals surface area (Å²) in [6, 6.07) is 0. The lowest BCUT2D eigenvalue weighted by Crippen LogP contribution is -2.31. The summed E-state index contributed by atoms with van der Waals surface area (Å²) in [6.45, 7) is 0.605. The molecule has 0 aromatic carbocycles. The molecule has 0 bridgehead atoms. The number of carbonyl (C=O) groups is 3. The number of amides is 2. The predicted octanol–water partition coefficient (Wildman–Crippen LogP) is -0.0642. The fourth-order valence-corrected chi connectivity index (χ4v) is 2.54. The SMILES string of the molecule is CN1CC(C(=O)NCc2nc(C(=O)O)cs2)CC1=O. The van der Waals surface area contributed by atoms with Crippen LogP contribution < -0.4 is 5.32 Å². The Labute approximate surface area is 113 Å². The third-order valence-electron chi connectivity index (χ3n) is 2.90. The van der Waals surface area contributed by atoms with E-state index in [0.29, 0.717) is 11.6 Å². The minimum absolute atomic E-state index is 0.0231. The van der Waals surface area contributed by atoms with Gasteiger partial charge in [0, 0.05) is 25.4 Å². The number of aromatic carboxylic acids is 1. The summed E-state index contributed by atoms with van der Waals surface area (Å²) in [5.74, 6) is -1.67. The second-order valence-electron chi connectivity index (χ2n) is 4.32. The Kier molecular flexibility index (Phi) is 3.79. The lowest BCUT2D eigenvalue weighted by atomic mass is 10.1. The fourth-order valence-electron chi connectivity index (χ4n) is 1.84. The highest BCUT2D eigenvalue weighted by Crippen LogP contribution is 2.16. The number of rotatable bonds is 4. The first kappa shape index (κ1) is 13.5. The van der Waals surface area contributed by atoms with Crippen LogP contribution in [0.4, 0.5) is 0 Å². The van der Waals surface area contributed by atoms with E-state index in [1.54, 1.807) is 7.05 Å². The molecule has 1 fully saturated rings. The summed E-state index contributed by atoms with van der Waals surface area (Å²) in [4.78, 5) is 39.2. The average molecular weight is 283 g/mol. The van der Waals surface area contributed by atoms with Gasteiger partial charge in [0.25, 0.3) is 0 Å². The number of nitrogens with zero attached hydrogens (tertiary/aromatic N) is 2. The molecule has 7 nitrogen and oxygen atoms in total. The van der Waals surface area contributed by atoms with Crippen molar-refractivity contribution in [1.82, 2.24) is 15.2 Å². The highest BCUT2D eigenvalue weighted by Gasteiger charge is 2.31. The van der Waals surface area contributed by atoms with Crippen molar-refractivity contribution >= 4 is 29.1 Å². The zero-order valence-corrected chi connectivity index (χ0v) is 11.1. The molecule has 1 unspecified atom stereocenters. The summed E-state index contributed by atoms with van der Waals surface area (Å²) < 4.78 is 0. The Bertz CT molecular complexity index is 528. The van der Waals surface area contributed by atoms with Crippen molar-refractivity contribution in [2.45, 2.75) is 13.0 Å².